The molecule has 68 heavy (non-hydrogen) atoms. The molecule has 0 atom stereocenters. The van der Waals surface area contributed by atoms with E-state index < -0.39 is 0 Å². The van der Waals surface area contributed by atoms with Crippen LogP contribution in [0.15, 0.2) is 227 Å². The Morgan fingerprint density at radius 1 is 0.294 bits per heavy atom. The molecule has 0 aliphatic rings. The number of benzene rings is 9. The monoisotopic (exact) mass is 878 g/mol. The second-order valence-corrected chi connectivity index (χ2v) is 16.9. The Morgan fingerprint density at radius 3 is 0.985 bits per heavy atom. The summed E-state index contributed by atoms with van der Waals surface area (Å²) in [5, 5.41) is 0. The van der Waals surface area contributed by atoms with Crippen molar-refractivity contribution in [3.05, 3.63) is 230 Å². The van der Waals surface area contributed by atoms with Crippen molar-refractivity contribution in [1.82, 2.24) is 19.9 Å². The van der Waals surface area contributed by atoms with Crippen molar-refractivity contribution >= 4 is 67.4 Å². The first kappa shape index (κ1) is 40.4. The predicted octanol–water partition coefficient (Wildman–Crippen LogP) is 16.1. The van der Waals surface area contributed by atoms with Gasteiger partial charge in [-0.3, -0.25) is 0 Å². The number of aromatic nitrogens is 4. The van der Waals surface area contributed by atoms with Crippen LogP contribution in [0, 0.1) is 13.8 Å². The number of para-hydroxylation sites is 4. The SMILES string of the molecule is Cc1ccc2nc(-c3ccc(N(c4ccccc4)c4ccc(-c5nc6ccccc6nc5-c5ccc(N(c6ccccc6)c6ccc(-c7nc8ccc(C)cc8o7)cc6)cc5)cc4)cc3)oc2c1. The first-order valence-electron chi connectivity index (χ1n) is 22.6. The molecular weight excluding hydrogens is 837 g/mol. The maximum Gasteiger partial charge on any atom is 0.227 e. The van der Waals surface area contributed by atoms with Gasteiger partial charge < -0.3 is 18.6 Å². The normalized spacial score (nSPS) is 11.4. The van der Waals surface area contributed by atoms with Gasteiger partial charge in [0.15, 0.2) is 11.2 Å². The van der Waals surface area contributed by atoms with Crippen molar-refractivity contribution in [3.8, 4) is 45.4 Å². The minimum absolute atomic E-state index is 0.599. The summed E-state index contributed by atoms with van der Waals surface area (Å²) >= 11 is 0. The van der Waals surface area contributed by atoms with Crippen LogP contribution in [0.4, 0.5) is 34.1 Å². The molecule has 3 heterocycles. The second-order valence-electron chi connectivity index (χ2n) is 16.9. The van der Waals surface area contributed by atoms with Gasteiger partial charge in [0.25, 0.3) is 0 Å². The van der Waals surface area contributed by atoms with Crippen molar-refractivity contribution in [2.75, 3.05) is 9.80 Å². The van der Waals surface area contributed by atoms with Gasteiger partial charge in [-0.05, 0) is 158 Å². The third-order valence-corrected chi connectivity index (χ3v) is 12.2. The molecule has 0 bridgehead atoms. The van der Waals surface area contributed by atoms with Gasteiger partial charge in [-0.2, -0.15) is 0 Å². The maximum absolute atomic E-state index is 6.16. The number of anilines is 6. The summed E-state index contributed by atoms with van der Waals surface area (Å²) in [5.41, 5.74) is 18.6. The Labute approximate surface area is 393 Å². The van der Waals surface area contributed by atoms with E-state index in [1.165, 1.54) is 0 Å². The van der Waals surface area contributed by atoms with Crippen LogP contribution in [0.3, 0.4) is 0 Å². The highest BCUT2D eigenvalue weighted by Crippen LogP contribution is 2.41. The van der Waals surface area contributed by atoms with Gasteiger partial charge >= 0.3 is 0 Å². The Kier molecular flexibility index (Phi) is 10.1. The van der Waals surface area contributed by atoms with E-state index in [4.69, 9.17) is 28.8 Å². The van der Waals surface area contributed by atoms with Crippen LogP contribution in [0.1, 0.15) is 11.1 Å². The van der Waals surface area contributed by atoms with E-state index in [9.17, 15) is 0 Å². The van der Waals surface area contributed by atoms with Gasteiger partial charge in [-0.25, -0.2) is 19.9 Å². The lowest BCUT2D eigenvalue weighted by molar-refractivity contribution is 0.619. The van der Waals surface area contributed by atoms with Crippen molar-refractivity contribution in [1.29, 1.82) is 0 Å². The zero-order chi connectivity index (χ0) is 45.6. The van der Waals surface area contributed by atoms with Crippen LogP contribution in [-0.2, 0) is 0 Å². The molecule has 8 nitrogen and oxygen atoms in total. The second kappa shape index (κ2) is 17.0. The van der Waals surface area contributed by atoms with E-state index in [2.05, 4.69) is 181 Å². The molecule has 0 aliphatic carbocycles. The van der Waals surface area contributed by atoms with Gasteiger partial charge in [0, 0.05) is 56.4 Å². The summed E-state index contributed by atoms with van der Waals surface area (Å²) in [7, 11) is 0. The summed E-state index contributed by atoms with van der Waals surface area (Å²) in [6.45, 7) is 4.11. The molecule has 3 aromatic heterocycles. The van der Waals surface area contributed by atoms with E-state index in [0.29, 0.717) is 11.8 Å². The lowest BCUT2D eigenvalue weighted by Gasteiger charge is -2.26. The molecule has 0 amide bonds. The van der Waals surface area contributed by atoms with Crippen molar-refractivity contribution in [2.24, 2.45) is 0 Å². The number of oxazole rings is 2. The Morgan fingerprint density at radius 2 is 0.618 bits per heavy atom. The number of nitrogens with zero attached hydrogens (tertiary/aromatic N) is 6. The number of rotatable bonds is 10. The highest BCUT2D eigenvalue weighted by molar-refractivity contribution is 5.89. The van der Waals surface area contributed by atoms with Gasteiger partial charge in [0.05, 0.1) is 22.4 Å². The smallest absolute Gasteiger partial charge is 0.227 e. The zero-order valence-electron chi connectivity index (χ0n) is 37.3. The quantitative estimate of drug-likeness (QED) is 0.134. The fourth-order valence-electron chi connectivity index (χ4n) is 8.80. The van der Waals surface area contributed by atoms with E-state index in [0.717, 1.165) is 112 Å². The molecule has 12 rings (SSSR count). The van der Waals surface area contributed by atoms with Crippen LogP contribution in [0.5, 0.6) is 0 Å². The van der Waals surface area contributed by atoms with Gasteiger partial charge in [0.2, 0.25) is 11.8 Å². The lowest BCUT2D eigenvalue weighted by atomic mass is 10.0. The van der Waals surface area contributed by atoms with Crippen LogP contribution < -0.4 is 9.80 Å². The first-order chi connectivity index (χ1) is 33.5. The predicted molar refractivity (Wildman–Crippen MR) is 275 cm³/mol. The summed E-state index contributed by atoms with van der Waals surface area (Å²) < 4.78 is 12.3. The fraction of sp³-hybridized carbons (Fsp3) is 0.0333. The molecule has 0 unspecified atom stereocenters. The number of fused-ring (bicyclic) bond motifs is 3. The molecule has 9 aromatic carbocycles. The topological polar surface area (TPSA) is 84.3 Å². The third-order valence-electron chi connectivity index (χ3n) is 12.2. The van der Waals surface area contributed by atoms with Crippen LogP contribution in [0.25, 0.3) is 78.7 Å². The number of hydrogen-bond acceptors (Lipinski definition) is 8. The standard InChI is InChI=1S/C60H42N6O2/c1-39-17-35-53-55(37-39)67-59(63-53)43-23-31-49(32-24-43)65(45-11-5-3-6-12-45)47-27-19-41(20-28-47)57-58(62-52-16-10-9-15-51(52)61-57)42-21-29-48(30-22-42)66(46-13-7-4-8-14-46)50-33-25-44(26-34-50)60-64-54-36-18-40(2)38-56(54)68-60/h3-38H,1-2H3. The van der Waals surface area contributed by atoms with Gasteiger partial charge in [0.1, 0.15) is 11.0 Å². The van der Waals surface area contributed by atoms with Crippen LogP contribution >= 0.6 is 0 Å². The van der Waals surface area contributed by atoms with E-state index in [1.807, 2.05) is 60.7 Å². The molecule has 8 heteroatoms. The minimum Gasteiger partial charge on any atom is -0.436 e. The van der Waals surface area contributed by atoms with E-state index >= 15 is 0 Å². The van der Waals surface area contributed by atoms with Crippen molar-refractivity contribution in [3.63, 3.8) is 0 Å². The Balaban J connectivity index is 0.877. The Hall–Kier alpha value is -9.14. The fourth-order valence-corrected chi connectivity index (χ4v) is 8.80. The van der Waals surface area contributed by atoms with E-state index in [1.54, 1.807) is 0 Å². The van der Waals surface area contributed by atoms with E-state index in [-0.39, 0.29) is 0 Å². The lowest BCUT2D eigenvalue weighted by Crippen LogP contribution is -2.10. The van der Waals surface area contributed by atoms with Crippen molar-refractivity contribution in [2.45, 2.75) is 13.8 Å². The van der Waals surface area contributed by atoms with Gasteiger partial charge in [-0.15, -0.1) is 0 Å². The molecule has 0 N–H and O–H groups in total. The third kappa shape index (κ3) is 7.69. The average Bonchev–Trinajstić information content (AvgIpc) is 4.02. The summed E-state index contributed by atoms with van der Waals surface area (Å²) in [6.07, 6.45) is 0. The molecule has 324 valence electrons. The molecule has 0 saturated heterocycles. The zero-order valence-corrected chi connectivity index (χ0v) is 37.3. The highest BCUT2D eigenvalue weighted by Gasteiger charge is 2.19. The first-order valence-corrected chi connectivity index (χ1v) is 22.6. The molecule has 0 radical (unpaired) electrons. The van der Waals surface area contributed by atoms with Crippen molar-refractivity contribution < 1.29 is 8.83 Å². The largest absolute Gasteiger partial charge is 0.436 e. The Bertz CT molecular complexity index is 3490. The summed E-state index contributed by atoms with van der Waals surface area (Å²) in [6, 6.07) is 74.9. The molecule has 0 spiro atoms. The molecule has 0 saturated carbocycles. The molecule has 0 fully saturated rings. The summed E-state index contributed by atoms with van der Waals surface area (Å²) in [5.74, 6) is 1.20. The number of hydrogen-bond donors (Lipinski definition) is 0. The average molecular weight is 879 g/mol. The molecule has 0 aliphatic heterocycles. The summed E-state index contributed by atoms with van der Waals surface area (Å²) in [4.78, 5) is 24.5. The molecular formula is C60H42N6O2. The van der Waals surface area contributed by atoms with Gasteiger partial charge in [-0.1, -0.05) is 84.9 Å². The minimum atomic E-state index is 0.599. The maximum atomic E-state index is 6.16. The number of aryl methyl sites for hydroxylation is 2. The van der Waals surface area contributed by atoms with Crippen LogP contribution in [-0.4, -0.2) is 19.9 Å². The molecule has 12 aromatic rings. The highest BCUT2D eigenvalue weighted by atomic mass is 16.4. The van der Waals surface area contributed by atoms with Crippen LogP contribution in [0.2, 0.25) is 0 Å².